The van der Waals surface area contributed by atoms with Crippen LogP contribution in [0.15, 0.2) is 29.2 Å². The third-order valence-electron chi connectivity index (χ3n) is 7.80. The minimum atomic E-state index is -4.18. The van der Waals surface area contributed by atoms with Gasteiger partial charge in [0.1, 0.15) is 16.8 Å². The van der Waals surface area contributed by atoms with Gasteiger partial charge in [0.2, 0.25) is 10.0 Å². The van der Waals surface area contributed by atoms with Gasteiger partial charge in [-0.2, -0.15) is 4.31 Å². The molecule has 1 amide bonds. The standard InChI is InChI=1S/C23H29FN2O5S/c24-18-4-1-2-6-20(18)32(29,30)26-7-3-5-19(26)23(28)31-13-21(27)25-22-16-9-14-8-15(11-16)12-17(22)10-14/h1-2,4,6,14-17,19,22H,3,5,7-13H2,(H,25,27)/t14?,15?,16?,17?,19-,22?/m0/s1. The van der Waals surface area contributed by atoms with Gasteiger partial charge < -0.3 is 10.1 Å². The number of benzene rings is 1. The van der Waals surface area contributed by atoms with Gasteiger partial charge in [-0.3, -0.25) is 9.59 Å². The first-order chi connectivity index (χ1) is 15.3. The van der Waals surface area contributed by atoms with Crippen molar-refractivity contribution in [1.29, 1.82) is 0 Å². The molecule has 4 aliphatic carbocycles. The average Bonchev–Trinajstić information content (AvgIpc) is 3.25. The number of sulfonamides is 1. The minimum absolute atomic E-state index is 0.108. The number of rotatable bonds is 6. The molecule has 1 atom stereocenters. The lowest BCUT2D eigenvalue weighted by Gasteiger charge is -2.54. The maximum Gasteiger partial charge on any atom is 0.324 e. The normalized spacial score (nSPS) is 33.9. The first kappa shape index (κ1) is 21.8. The van der Waals surface area contributed by atoms with E-state index in [1.54, 1.807) is 0 Å². The van der Waals surface area contributed by atoms with Crippen LogP contribution in [0, 0.1) is 29.5 Å². The topological polar surface area (TPSA) is 92.8 Å². The summed E-state index contributed by atoms with van der Waals surface area (Å²) in [5.41, 5.74) is 0. The van der Waals surface area contributed by atoms with E-state index in [9.17, 15) is 22.4 Å². The monoisotopic (exact) mass is 464 g/mol. The summed E-state index contributed by atoms with van der Waals surface area (Å²) in [6.07, 6.45) is 6.76. The van der Waals surface area contributed by atoms with E-state index in [-0.39, 0.29) is 24.9 Å². The molecule has 5 aliphatic rings. The quantitative estimate of drug-likeness (QED) is 0.653. The third kappa shape index (κ3) is 3.94. The summed E-state index contributed by atoms with van der Waals surface area (Å²) in [5.74, 6) is 0.673. The highest BCUT2D eigenvalue weighted by Gasteiger charge is 2.48. The van der Waals surface area contributed by atoms with Crippen molar-refractivity contribution in [2.24, 2.45) is 23.7 Å². The van der Waals surface area contributed by atoms with Crippen LogP contribution in [0.5, 0.6) is 0 Å². The van der Waals surface area contributed by atoms with E-state index >= 15 is 0 Å². The van der Waals surface area contributed by atoms with Gasteiger partial charge in [-0.15, -0.1) is 0 Å². The number of esters is 1. The molecule has 1 N–H and O–H groups in total. The van der Waals surface area contributed by atoms with Crippen molar-refractivity contribution < 1.29 is 27.1 Å². The number of halogens is 1. The van der Waals surface area contributed by atoms with Crippen molar-refractivity contribution in [1.82, 2.24) is 9.62 Å². The Bertz CT molecular complexity index is 985. The fourth-order valence-corrected chi connectivity index (χ4v) is 8.38. The van der Waals surface area contributed by atoms with Crippen LogP contribution >= 0.6 is 0 Å². The molecule has 7 nitrogen and oxygen atoms in total. The van der Waals surface area contributed by atoms with Crippen LogP contribution in [0.1, 0.15) is 44.9 Å². The van der Waals surface area contributed by atoms with Crippen molar-refractivity contribution in [2.75, 3.05) is 13.2 Å². The van der Waals surface area contributed by atoms with Crippen molar-refractivity contribution in [2.45, 2.75) is 61.9 Å². The van der Waals surface area contributed by atoms with Gasteiger partial charge in [0.05, 0.1) is 0 Å². The molecule has 6 rings (SSSR count). The Hall–Kier alpha value is -2.00. The molecule has 4 saturated carbocycles. The number of amides is 1. The lowest BCUT2D eigenvalue weighted by Crippen LogP contribution is -2.56. The molecule has 0 aromatic heterocycles. The highest BCUT2D eigenvalue weighted by molar-refractivity contribution is 7.89. The number of nitrogens with one attached hydrogen (secondary N) is 1. The zero-order valence-corrected chi connectivity index (χ0v) is 18.7. The molecular formula is C23H29FN2O5S. The van der Waals surface area contributed by atoms with Gasteiger partial charge in [0.15, 0.2) is 6.61 Å². The lowest BCUT2D eigenvalue weighted by atomic mass is 9.54. The lowest BCUT2D eigenvalue weighted by molar-refractivity contribution is -0.152. The van der Waals surface area contributed by atoms with Crippen molar-refractivity contribution in [3.8, 4) is 0 Å². The minimum Gasteiger partial charge on any atom is -0.454 e. The molecule has 0 unspecified atom stereocenters. The second kappa shape index (κ2) is 8.41. The van der Waals surface area contributed by atoms with E-state index in [2.05, 4.69) is 5.32 Å². The summed E-state index contributed by atoms with van der Waals surface area (Å²) in [7, 11) is -4.18. The van der Waals surface area contributed by atoms with E-state index in [0.717, 1.165) is 22.2 Å². The van der Waals surface area contributed by atoms with Gasteiger partial charge in [-0.05, 0) is 80.8 Å². The van der Waals surface area contributed by atoms with Gasteiger partial charge >= 0.3 is 5.97 Å². The SMILES string of the molecule is O=C(COC(=O)[C@@H]1CCCN1S(=O)(=O)c1ccccc1F)NC1C2CC3CC(C2)CC1C3. The Morgan fingerprint density at radius 3 is 2.38 bits per heavy atom. The summed E-state index contributed by atoms with van der Waals surface area (Å²) in [4.78, 5) is 24.7. The van der Waals surface area contributed by atoms with Crippen molar-refractivity contribution in [3.05, 3.63) is 30.1 Å². The van der Waals surface area contributed by atoms with Crippen LogP contribution in [-0.2, 0) is 24.3 Å². The molecule has 0 radical (unpaired) electrons. The molecule has 32 heavy (non-hydrogen) atoms. The second-order valence-electron chi connectivity index (χ2n) is 9.84. The molecule has 5 fully saturated rings. The molecular weight excluding hydrogens is 435 g/mol. The highest BCUT2D eigenvalue weighted by Crippen LogP contribution is 2.53. The van der Waals surface area contributed by atoms with E-state index in [0.29, 0.717) is 18.3 Å². The summed E-state index contributed by atoms with van der Waals surface area (Å²) < 4.78 is 46.1. The molecule has 1 aliphatic heterocycles. The predicted molar refractivity (Wildman–Crippen MR) is 113 cm³/mol. The van der Waals surface area contributed by atoms with E-state index in [1.165, 1.54) is 50.3 Å². The van der Waals surface area contributed by atoms with E-state index < -0.39 is 39.4 Å². The smallest absolute Gasteiger partial charge is 0.324 e. The summed E-state index contributed by atoms with van der Waals surface area (Å²) in [5, 5.41) is 3.09. The van der Waals surface area contributed by atoms with Gasteiger partial charge in [0, 0.05) is 12.6 Å². The molecule has 4 bridgehead atoms. The highest BCUT2D eigenvalue weighted by atomic mass is 32.2. The largest absolute Gasteiger partial charge is 0.454 e. The Morgan fingerprint density at radius 2 is 1.72 bits per heavy atom. The number of carbonyl (C=O) groups excluding carboxylic acids is 2. The number of hydrogen-bond acceptors (Lipinski definition) is 5. The fraction of sp³-hybridized carbons (Fsp3) is 0.652. The van der Waals surface area contributed by atoms with Gasteiger partial charge in [0.25, 0.3) is 5.91 Å². The van der Waals surface area contributed by atoms with Crippen molar-refractivity contribution in [3.63, 3.8) is 0 Å². The van der Waals surface area contributed by atoms with Crippen LogP contribution in [0.3, 0.4) is 0 Å². The number of carbonyl (C=O) groups is 2. The number of hydrogen-bond donors (Lipinski definition) is 1. The van der Waals surface area contributed by atoms with Crippen LogP contribution in [-0.4, -0.2) is 49.8 Å². The number of nitrogens with zero attached hydrogens (tertiary/aromatic N) is 1. The molecule has 1 heterocycles. The molecule has 1 aromatic rings. The fourth-order valence-electron chi connectivity index (χ4n) is 6.66. The Balaban J connectivity index is 1.19. The van der Waals surface area contributed by atoms with Crippen LogP contribution in [0.25, 0.3) is 0 Å². The third-order valence-corrected chi connectivity index (χ3v) is 9.74. The molecule has 1 saturated heterocycles. The molecule has 0 spiro atoms. The zero-order valence-electron chi connectivity index (χ0n) is 17.9. The van der Waals surface area contributed by atoms with Crippen LogP contribution in [0.4, 0.5) is 4.39 Å². The second-order valence-corrected chi connectivity index (χ2v) is 11.7. The maximum absolute atomic E-state index is 14.1. The first-order valence-corrected chi connectivity index (χ1v) is 13.0. The summed E-state index contributed by atoms with van der Waals surface area (Å²) >= 11 is 0. The van der Waals surface area contributed by atoms with Crippen molar-refractivity contribution >= 4 is 21.9 Å². The predicted octanol–water partition coefficient (Wildman–Crippen LogP) is 2.46. The van der Waals surface area contributed by atoms with Crippen LogP contribution in [0.2, 0.25) is 0 Å². The van der Waals surface area contributed by atoms with Crippen LogP contribution < -0.4 is 5.32 Å². The zero-order chi connectivity index (χ0) is 22.5. The maximum atomic E-state index is 14.1. The summed E-state index contributed by atoms with van der Waals surface area (Å²) in [6, 6.07) is 4.21. The summed E-state index contributed by atoms with van der Waals surface area (Å²) in [6.45, 7) is -0.317. The Morgan fingerprint density at radius 1 is 1.06 bits per heavy atom. The van der Waals surface area contributed by atoms with E-state index in [1.807, 2.05) is 0 Å². The number of ether oxygens (including phenoxy) is 1. The molecule has 1 aromatic carbocycles. The Kier molecular flexibility index (Phi) is 5.73. The molecule has 9 heteroatoms. The molecule has 174 valence electrons. The first-order valence-electron chi connectivity index (χ1n) is 11.6. The van der Waals surface area contributed by atoms with Gasteiger partial charge in [-0.1, -0.05) is 12.1 Å². The van der Waals surface area contributed by atoms with E-state index in [4.69, 9.17) is 4.74 Å². The average molecular weight is 465 g/mol. The van der Waals surface area contributed by atoms with Gasteiger partial charge in [-0.25, -0.2) is 12.8 Å². The Labute approximate surface area is 187 Å².